The molecular formula is C16H16N2O2. The van der Waals surface area contributed by atoms with Crippen molar-refractivity contribution in [3.63, 3.8) is 0 Å². The lowest BCUT2D eigenvalue weighted by Crippen LogP contribution is -2.00. The molecule has 0 saturated carbocycles. The van der Waals surface area contributed by atoms with Gasteiger partial charge in [-0.15, -0.1) is 0 Å². The van der Waals surface area contributed by atoms with Gasteiger partial charge in [0.25, 0.3) is 0 Å². The number of fused-ring (bicyclic) bond motifs is 1. The molecule has 0 radical (unpaired) electrons. The van der Waals surface area contributed by atoms with E-state index in [9.17, 15) is 4.79 Å². The van der Waals surface area contributed by atoms with Gasteiger partial charge < -0.3 is 9.73 Å². The SMILES string of the molecule is Cc1cc(C)cc(CNc2ccc3oc(=O)[nH]c3c2)c1. The molecule has 2 aromatic carbocycles. The Morgan fingerprint density at radius 1 is 1.10 bits per heavy atom. The molecule has 102 valence electrons. The van der Waals surface area contributed by atoms with Gasteiger partial charge >= 0.3 is 5.76 Å². The van der Waals surface area contributed by atoms with Gasteiger partial charge in [-0.25, -0.2) is 4.79 Å². The summed E-state index contributed by atoms with van der Waals surface area (Å²) in [6.45, 7) is 4.94. The van der Waals surface area contributed by atoms with Gasteiger partial charge in [0.2, 0.25) is 0 Å². The largest absolute Gasteiger partial charge is 0.417 e. The van der Waals surface area contributed by atoms with Crippen molar-refractivity contribution in [3.05, 3.63) is 63.6 Å². The smallest absolute Gasteiger partial charge is 0.408 e. The van der Waals surface area contributed by atoms with Crippen LogP contribution in [-0.2, 0) is 6.54 Å². The molecule has 0 aliphatic rings. The van der Waals surface area contributed by atoms with E-state index in [1.165, 1.54) is 16.7 Å². The zero-order chi connectivity index (χ0) is 14.1. The fraction of sp³-hybridized carbons (Fsp3) is 0.188. The molecule has 4 heteroatoms. The van der Waals surface area contributed by atoms with Crippen molar-refractivity contribution in [2.24, 2.45) is 0 Å². The van der Waals surface area contributed by atoms with Gasteiger partial charge in [-0.2, -0.15) is 0 Å². The van der Waals surface area contributed by atoms with Crippen LogP contribution in [0.15, 0.2) is 45.6 Å². The van der Waals surface area contributed by atoms with Crippen LogP contribution >= 0.6 is 0 Å². The van der Waals surface area contributed by atoms with Crippen molar-refractivity contribution in [1.82, 2.24) is 4.98 Å². The summed E-state index contributed by atoms with van der Waals surface area (Å²) in [5.74, 6) is -0.425. The summed E-state index contributed by atoms with van der Waals surface area (Å²) in [6, 6.07) is 12.1. The van der Waals surface area contributed by atoms with E-state index in [0.29, 0.717) is 11.1 Å². The Morgan fingerprint density at radius 2 is 1.85 bits per heavy atom. The van der Waals surface area contributed by atoms with E-state index in [1.54, 1.807) is 6.07 Å². The molecule has 0 aliphatic carbocycles. The van der Waals surface area contributed by atoms with Crippen molar-refractivity contribution < 1.29 is 4.42 Å². The minimum atomic E-state index is -0.425. The molecule has 0 amide bonds. The van der Waals surface area contributed by atoms with Gasteiger partial charge in [-0.1, -0.05) is 29.3 Å². The third-order valence-electron chi connectivity index (χ3n) is 3.20. The fourth-order valence-electron chi connectivity index (χ4n) is 2.44. The van der Waals surface area contributed by atoms with E-state index < -0.39 is 5.76 Å². The summed E-state index contributed by atoms with van der Waals surface area (Å²) < 4.78 is 4.98. The first kappa shape index (κ1) is 12.5. The maximum absolute atomic E-state index is 11.1. The molecule has 3 aromatic rings. The highest BCUT2D eigenvalue weighted by Gasteiger charge is 2.02. The van der Waals surface area contributed by atoms with E-state index >= 15 is 0 Å². The number of hydrogen-bond donors (Lipinski definition) is 2. The Hall–Kier alpha value is -2.49. The number of benzene rings is 2. The predicted octanol–water partition coefficient (Wildman–Crippen LogP) is 3.35. The summed E-state index contributed by atoms with van der Waals surface area (Å²) in [7, 11) is 0. The Balaban J connectivity index is 1.80. The highest BCUT2D eigenvalue weighted by molar-refractivity contribution is 5.76. The minimum absolute atomic E-state index is 0.425. The first-order valence-corrected chi connectivity index (χ1v) is 6.54. The molecule has 1 heterocycles. The van der Waals surface area contributed by atoms with Crippen LogP contribution in [0, 0.1) is 13.8 Å². The van der Waals surface area contributed by atoms with Crippen LogP contribution in [0.4, 0.5) is 5.69 Å². The number of oxazole rings is 1. The van der Waals surface area contributed by atoms with Crippen molar-refractivity contribution in [1.29, 1.82) is 0 Å². The van der Waals surface area contributed by atoms with Crippen LogP contribution in [0.5, 0.6) is 0 Å². The molecule has 0 unspecified atom stereocenters. The Bertz CT molecular complexity index is 794. The molecule has 0 atom stereocenters. The maximum atomic E-state index is 11.1. The summed E-state index contributed by atoms with van der Waals surface area (Å²) in [4.78, 5) is 13.8. The van der Waals surface area contributed by atoms with Gasteiger partial charge in [-0.05, 0) is 37.6 Å². The quantitative estimate of drug-likeness (QED) is 0.766. The predicted molar refractivity (Wildman–Crippen MR) is 80.1 cm³/mol. The van der Waals surface area contributed by atoms with Gasteiger partial charge in [0.15, 0.2) is 5.58 Å². The van der Waals surface area contributed by atoms with E-state index in [1.807, 2.05) is 12.1 Å². The number of aromatic nitrogens is 1. The molecule has 3 rings (SSSR count). The van der Waals surface area contributed by atoms with Crippen molar-refractivity contribution in [2.45, 2.75) is 20.4 Å². The van der Waals surface area contributed by atoms with E-state index in [-0.39, 0.29) is 0 Å². The summed E-state index contributed by atoms with van der Waals surface area (Å²) >= 11 is 0. The average molecular weight is 268 g/mol. The molecule has 0 spiro atoms. The molecular weight excluding hydrogens is 252 g/mol. The van der Waals surface area contributed by atoms with Crippen LogP contribution in [0.1, 0.15) is 16.7 Å². The summed E-state index contributed by atoms with van der Waals surface area (Å²) in [5, 5.41) is 3.35. The number of rotatable bonds is 3. The standard InChI is InChI=1S/C16H16N2O2/c1-10-5-11(2)7-12(6-10)9-17-13-3-4-15-14(8-13)18-16(19)20-15/h3-8,17H,9H2,1-2H3,(H,18,19). The first-order chi connectivity index (χ1) is 9.60. The third-order valence-corrected chi connectivity index (χ3v) is 3.20. The number of aromatic amines is 1. The molecule has 0 bridgehead atoms. The van der Waals surface area contributed by atoms with E-state index in [2.05, 4.69) is 42.3 Å². The Morgan fingerprint density at radius 3 is 2.60 bits per heavy atom. The highest BCUT2D eigenvalue weighted by atomic mass is 16.4. The molecule has 20 heavy (non-hydrogen) atoms. The van der Waals surface area contributed by atoms with Crippen molar-refractivity contribution in [3.8, 4) is 0 Å². The summed E-state index contributed by atoms with van der Waals surface area (Å²) in [6.07, 6.45) is 0. The van der Waals surface area contributed by atoms with Crippen LogP contribution in [-0.4, -0.2) is 4.98 Å². The first-order valence-electron chi connectivity index (χ1n) is 6.54. The van der Waals surface area contributed by atoms with Crippen molar-refractivity contribution in [2.75, 3.05) is 5.32 Å². The van der Waals surface area contributed by atoms with Crippen LogP contribution in [0.25, 0.3) is 11.1 Å². The molecule has 0 fully saturated rings. The second-order valence-electron chi connectivity index (χ2n) is 5.07. The normalized spacial score (nSPS) is 10.9. The fourth-order valence-corrected chi connectivity index (χ4v) is 2.44. The average Bonchev–Trinajstić information content (AvgIpc) is 2.74. The topological polar surface area (TPSA) is 58.0 Å². The van der Waals surface area contributed by atoms with Gasteiger partial charge in [0, 0.05) is 12.2 Å². The number of hydrogen-bond acceptors (Lipinski definition) is 3. The molecule has 2 N–H and O–H groups in total. The minimum Gasteiger partial charge on any atom is -0.408 e. The van der Waals surface area contributed by atoms with E-state index in [4.69, 9.17) is 4.42 Å². The van der Waals surface area contributed by atoms with Gasteiger partial charge in [-0.3, -0.25) is 4.98 Å². The molecule has 0 saturated heterocycles. The second kappa shape index (κ2) is 4.89. The maximum Gasteiger partial charge on any atom is 0.417 e. The number of H-pyrrole nitrogens is 1. The van der Waals surface area contributed by atoms with Gasteiger partial charge in [0.05, 0.1) is 5.52 Å². The Labute approximate surface area is 116 Å². The lowest BCUT2D eigenvalue weighted by Gasteiger charge is -2.08. The van der Waals surface area contributed by atoms with Crippen LogP contribution in [0.3, 0.4) is 0 Å². The molecule has 0 aliphatic heterocycles. The Kier molecular flexibility index (Phi) is 3.06. The van der Waals surface area contributed by atoms with E-state index in [0.717, 1.165) is 12.2 Å². The monoisotopic (exact) mass is 268 g/mol. The highest BCUT2D eigenvalue weighted by Crippen LogP contribution is 2.17. The zero-order valence-corrected chi connectivity index (χ0v) is 11.5. The molecule has 1 aromatic heterocycles. The third kappa shape index (κ3) is 2.59. The summed E-state index contributed by atoms with van der Waals surface area (Å²) in [5.41, 5.74) is 6.00. The zero-order valence-electron chi connectivity index (χ0n) is 11.5. The lowest BCUT2D eigenvalue weighted by molar-refractivity contribution is 0.555. The second-order valence-corrected chi connectivity index (χ2v) is 5.07. The number of nitrogens with one attached hydrogen (secondary N) is 2. The van der Waals surface area contributed by atoms with Crippen molar-refractivity contribution >= 4 is 16.8 Å². The number of aryl methyl sites for hydroxylation is 2. The lowest BCUT2D eigenvalue weighted by atomic mass is 10.1. The molecule has 4 nitrogen and oxygen atoms in total. The van der Waals surface area contributed by atoms with Gasteiger partial charge in [0.1, 0.15) is 0 Å². The van der Waals surface area contributed by atoms with Crippen LogP contribution in [0.2, 0.25) is 0 Å². The van der Waals surface area contributed by atoms with Crippen LogP contribution < -0.4 is 11.1 Å². The number of anilines is 1.